The molecule has 3 N–H and O–H groups in total. The molecule has 0 amide bonds. The molecule has 0 aliphatic heterocycles. The maximum absolute atomic E-state index is 5.41. The minimum absolute atomic E-state index is 0.650. The van der Waals surface area contributed by atoms with Crippen LogP contribution in [0.1, 0.15) is 0 Å². The number of rotatable bonds is 0. The Morgan fingerprint density at radius 3 is 2.25 bits per heavy atom. The van der Waals surface area contributed by atoms with E-state index < -0.39 is 0 Å². The van der Waals surface area contributed by atoms with E-state index in [9.17, 15) is 0 Å². The molecule has 0 unspecified atom stereocenters. The molecule has 0 atom stereocenters. The molecule has 0 radical (unpaired) electrons. The van der Waals surface area contributed by atoms with Crippen molar-refractivity contribution in [1.82, 2.24) is 4.98 Å². The Bertz CT molecular complexity index is 174. The van der Waals surface area contributed by atoms with Crippen molar-refractivity contribution < 1.29 is 0 Å². The lowest BCUT2D eigenvalue weighted by Crippen LogP contribution is -1.82. The maximum atomic E-state index is 5.41. The van der Waals surface area contributed by atoms with Gasteiger partial charge in [-0.3, -0.25) is 0 Å². The molecule has 0 aliphatic rings. The fourth-order valence-corrected chi connectivity index (χ4v) is 0.953. The van der Waals surface area contributed by atoms with Crippen molar-refractivity contribution >= 4 is 37.7 Å². The first-order valence-electron chi connectivity index (χ1n) is 1.99. The highest BCUT2D eigenvalue weighted by Gasteiger charge is 1.99. The van der Waals surface area contributed by atoms with Crippen LogP contribution in [0, 0.1) is 0 Å². The number of halogens is 2. The zero-order chi connectivity index (χ0) is 6.15. The van der Waals surface area contributed by atoms with Crippen LogP contribution in [0.15, 0.2) is 15.1 Å². The molecule has 8 heavy (non-hydrogen) atoms. The molecule has 0 bridgehead atoms. The molecule has 0 aliphatic carbocycles. The number of nitrogens with one attached hydrogen (secondary N) is 1. The lowest BCUT2D eigenvalue weighted by atomic mass is 10.6. The van der Waals surface area contributed by atoms with Gasteiger partial charge in [0, 0.05) is 6.20 Å². The quantitative estimate of drug-likeness (QED) is 0.716. The van der Waals surface area contributed by atoms with E-state index in [2.05, 4.69) is 36.8 Å². The van der Waals surface area contributed by atoms with Gasteiger partial charge in [0.15, 0.2) is 0 Å². The first kappa shape index (κ1) is 6.16. The van der Waals surface area contributed by atoms with Crippen molar-refractivity contribution in [1.29, 1.82) is 0 Å². The van der Waals surface area contributed by atoms with Crippen LogP contribution in [-0.2, 0) is 0 Å². The Kier molecular flexibility index (Phi) is 1.62. The second-order valence-corrected chi connectivity index (χ2v) is 3.01. The third-order valence-corrected chi connectivity index (χ3v) is 2.81. The normalized spacial score (nSPS) is 9.75. The summed E-state index contributed by atoms with van der Waals surface area (Å²) in [6, 6.07) is 0. The number of anilines is 1. The molecule has 1 aromatic rings. The van der Waals surface area contributed by atoms with Gasteiger partial charge in [-0.25, -0.2) is 0 Å². The van der Waals surface area contributed by atoms with Crippen LogP contribution in [0.5, 0.6) is 0 Å². The SMILES string of the molecule is Nc1[nH]cc(Br)c1Br. The summed E-state index contributed by atoms with van der Waals surface area (Å²) in [5.41, 5.74) is 5.41. The monoisotopic (exact) mass is 238 g/mol. The first-order valence-corrected chi connectivity index (χ1v) is 3.58. The molecule has 0 saturated heterocycles. The van der Waals surface area contributed by atoms with Gasteiger partial charge in [0.1, 0.15) is 5.82 Å². The summed E-state index contributed by atoms with van der Waals surface area (Å²) in [5.74, 6) is 0.650. The van der Waals surface area contributed by atoms with Crippen LogP contribution in [0.25, 0.3) is 0 Å². The molecule has 44 valence electrons. The van der Waals surface area contributed by atoms with Gasteiger partial charge in [-0.2, -0.15) is 0 Å². The summed E-state index contributed by atoms with van der Waals surface area (Å²) >= 11 is 6.50. The second-order valence-electron chi connectivity index (χ2n) is 1.36. The number of nitrogens with two attached hydrogens (primary N) is 1. The predicted octanol–water partition coefficient (Wildman–Crippen LogP) is 2.12. The molecule has 0 saturated carbocycles. The van der Waals surface area contributed by atoms with Crippen molar-refractivity contribution in [2.24, 2.45) is 0 Å². The number of hydrogen-bond acceptors (Lipinski definition) is 1. The number of nitrogen functional groups attached to an aromatic ring is 1. The van der Waals surface area contributed by atoms with Crippen LogP contribution < -0.4 is 5.73 Å². The number of hydrogen-bond donors (Lipinski definition) is 2. The van der Waals surface area contributed by atoms with E-state index >= 15 is 0 Å². The van der Waals surface area contributed by atoms with Gasteiger partial charge >= 0.3 is 0 Å². The van der Waals surface area contributed by atoms with Crippen molar-refractivity contribution in [2.45, 2.75) is 0 Å². The van der Waals surface area contributed by atoms with Crippen molar-refractivity contribution in [3.63, 3.8) is 0 Å². The van der Waals surface area contributed by atoms with Gasteiger partial charge in [0.25, 0.3) is 0 Å². The Morgan fingerprint density at radius 1 is 1.50 bits per heavy atom. The van der Waals surface area contributed by atoms with E-state index in [1.54, 1.807) is 6.20 Å². The van der Waals surface area contributed by atoms with Gasteiger partial charge < -0.3 is 10.7 Å². The number of aromatic amines is 1. The Balaban J connectivity index is 3.19. The third kappa shape index (κ3) is 0.902. The van der Waals surface area contributed by atoms with E-state index in [-0.39, 0.29) is 0 Å². The van der Waals surface area contributed by atoms with E-state index in [4.69, 9.17) is 5.73 Å². The van der Waals surface area contributed by atoms with E-state index in [1.807, 2.05) is 0 Å². The standard InChI is InChI=1S/C4H4Br2N2/c5-2-1-8-4(7)3(2)6/h1,8H,7H2. The lowest BCUT2D eigenvalue weighted by Gasteiger charge is -1.83. The zero-order valence-electron chi connectivity index (χ0n) is 3.91. The first-order chi connectivity index (χ1) is 3.72. The molecular weight excluding hydrogens is 236 g/mol. The van der Waals surface area contributed by atoms with Crippen molar-refractivity contribution in [3.8, 4) is 0 Å². The molecule has 0 spiro atoms. The summed E-state index contributed by atoms with van der Waals surface area (Å²) in [5, 5.41) is 0. The van der Waals surface area contributed by atoms with Crippen LogP contribution in [0.3, 0.4) is 0 Å². The molecule has 0 aromatic carbocycles. The molecule has 4 heteroatoms. The average Bonchev–Trinajstić information content (AvgIpc) is 1.98. The highest BCUT2D eigenvalue weighted by molar-refractivity contribution is 9.13. The number of H-pyrrole nitrogens is 1. The van der Waals surface area contributed by atoms with Gasteiger partial charge in [0.05, 0.1) is 8.95 Å². The molecule has 1 rings (SSSR count). The van der Waals surface area contributed by atoms with E-state index in [0.717, 1.165) is 8.95 Å². The summed E-state index contributed by atoms with van der Waals surface area (Å²) in [6.07, 6.45) is 1.78. The van der Waals surface area contributed by atoms with Gasteiger partial charge in [-0.1, -0.05) is 0 Å². The fraction of sp³-hybridized carbons (Fsp3) is 0. The predicted molar refractivity (Wildman–Crippen MR) is 40.6 cm³/mol. The second kappa shape index (κ2) is 2.11. The molecule has 1 aromatic heterocycles. The van der Waals surface area contributed by atoms with Crippen LogP contribution in [0.4, 0.5) is 5.82 Å². The van der Waals surface area contributed by atoms with Crippen molar-refractivity contribution in [2.75, 3.05) is 5.73 Å². The molecule has 2 nitrogen and oxygen atoms in total. The summed E-state index contributed by atoms with van der Waals surface area (Å²) in [6.45, 7) is 0. The van der Waals surface area contributed by atoms with E-state index in [0.29, 0.717) is 5.82 Å². The minimum Gasteiger partial charge on any atom is -0.384 e. The highest BCUT2D eigenvalue weighted by atomic mass is 79.9. The summed E-state index contributed by atoms with van der Waals surface area (Å²) < 4.78 is 1.84. The Morgan fingerprint density at radius 2 is 2.12 bits per heavy atom. The largest absolute Gasteiger partial charge is 0.384 e. The molecule has 0 fully saturated rings. The Labute approximate surface area is 63.7 Å². The maximum Gasteiger partial charge on any atom is 0.116 e. The molecule has 1 heterocycles. The van der Waals surface area contributed by atoms with Crippen LogP contribution >= 0.6 is 31.9 Å². The van der Waals surface area contributed by atoms with Crippen molar-refractivity contribution in [3.05, 3.63) is 15.1 Å². The summed E-state index contributed by atoms with van der Waals surface area (Å²) in [7, 11) is 0. The van der Waals surface area contributed by atoms with Gasteiger partial charge in [-0.05, 0) is 31.9 Å². The zero-order valence-corrected chi connectivity index (χ0v) is 7.08. The Hall–Kier alpha value is 0.0400. The van der Waals surface area contributed by atoms with Gasteiger partial charge in [-0.15, -0.1) is 0 Å². The van der Waals surface area contributed by atoms with Gasteiger partial charge in [0.2, 0.25) is 0 Å². The summed E-state index contributed by atoms with van der Waals surface area (Å²) in [4.78, 5) is 2.82. The van der Waals surface area contributed by atoms with E-state index in [1.165, 1.54) is 0 Å². The number of aromatic nitrogens is 1. The lowest BCUT2D eigenvalue weighted by molar-refractivity contribution is 1.41. The topological polar surface area (TPSA) is 41.8 Å². The molecular formula is C4H4Br2N2. The van der Waals surface area contributed by atoms with Crippen LogP contribution in [0.2, 0.25) is 0 Å². The highest BCUT2D eigenvalue weighted by Crippen LogP contribution is 2.27. The fourth-order valence-electron chi connectivity index (χ4n) is 0.396. The average molecular weight is 240 g/mol. The minimum atomic E-state index is 0.650. The van der Waals surface area contributed by atoms with Crippen LogP contribution in [-0.4, -0.2) is 4.98 Å². The third-order valence-electron chi connectivity index (χ3n) is 0.801. The smallest absolute Gasteiger partial charge is 0.116 e.